The average Bonchev–Trinajstić information content (AvgIpc) is 2.49. The average molecular weight is 328 g/mol. The Morgan fingerprint density at radius 3 is 2.71 bits per heavy atom. The molecule has 0 atom stereocenters. The van der Waals surface area contributed by atoms with Crippen LogP contribution in [-0.4, -0.2) is 27.6 Å². The highest BCUT2D eigenvalue weighted by Gasteiger charge is 2.20. The van der Waals surface area contributed by atoms with Crippen molar-refractivity contribution < 1.29 is 13.2 Å². The number of ether oxygens (including phenoxy) is 1. The molecule has 21 heavy (non-hydrogen) atoms. The SMILES string of the molecule is CNc1cccnc1S(=O)(=O)Nc1ccc(Cl)c(OC)c1. The fourth-order valence-electron chi connectivity index (χ4n) is 1.72. The van der Waals surface area contributed by atoms with Crippen molar-refractivity contribution in [1.29, 1.82) is 0 Å². The van der Waals surface area contributed by atoms with Gasteiger partial charge in [-0.25, -0.2) is 4.98 Å². The topological polar surface area (TPSA) is 80.3 Å². The molecule has 0 fully saturated rings. The lowest BCUT2D eigenvalue weighted by Gasteiger charge is -2.12. The first-order valence-electron chi connectivity index (χ1n) is 5.97. The van der Waals surface area contributed by atoms with Crippen LogP contribution in [0.5, 0.6) is 5.75 Å². The molecule has 2 aromatic rings. The number of benzene rings is 1. The number of pyridine rings is 1. The van der Waals surface area contributed by atoms with Crippen LogP contribution in [0.15, 0.2) is 41.6 Å². The summed E-state index contributed by atoms with van der Waals surface area (Å²) in [6.07, 6.45) is 1.41. The van der Waals surface area contributed by atoms with Gasteiger partial charge in [0.15, 0.2) is 5.03 Å². The Morgan fingerprint density at radius 1 is 1.29 bits per heavy atom. The van der Waals surface area contributed by atoms with Crippen molar-refractivity contribution in [2.24, 2.45) is 0 Å². The van der Waals surface area contributed by atoms with Gasteiger partial charge in [-0.2, -0.15) is 8.42 Å². The predicted molar refractivity (Wildman–Crippen MR) is 82.6 cm³/mol. The summed E-state index contributed by atoms with van der Waals surface area (Å²) >= 11 is 5.91. The minimum Gasteiger partial charge on any atom is -0.495 e. The molecule has 0 saturated carbocycles. The third-order valence-electron chi connectivity index (χ3n) is 2.70. The van der Waals surface area contributed by atoms with Crippen molar-refractivity contribution in [3.63, 3.8) is 0 Å². The number of hydrogen-bond acceptors (Lipinski definition) is 5. The lowest BCUT2D eigenvalue weighted by atomic mass is 10.3. The van der Waals surface area contributed by atoms with E-state index in [-0.39, 0.29) is 5.03 Å². The predicted octanol–water partition coefficient (Wildman–Crippen LogP) is 2.59. The normalized spacial score (nSPS) is 11.0. The van der Waals surface area contributed by atoms with E-state index in [0.29, 0.717) is 22.1 Å². The number of sulfonamides is 1. The number of anilines is 2. The van der Waals surface area contributed by atoms with E-state index in [0.717, 1.165) is 0 Å². The number of rotatable bonds is 5. The summed E-state index contributed by atoms with van der Waals surface area (Å²) in [6, 6.07) is 7.88. The maximum Gasteiger partial charge on any atom is 0.281 e. The van der Waals surface area contributed by atoms with Crippen molar-refractivity contribution in [3.8, 4) is 5.75 Å². The molecule has 0 amide bonds. The zero-order valence-corrected chi connectivity index (χ0v) is 13.0. The van der Waals surface area contributed by atoms with Crippen molar-refractivity contribution >= 4 is 33.0 Å². The summed E-state index contributed by atoms with van der Waals surface area (Å²) in [6.45, 7) is 0. The lowest BCUT2D eigenvalue weighted by Crippen LogP contribution is -2.16. The third kappa shape index (κ3) is 3.37. The molecule has 2 rings (SSSR count). The van der Waals surface area contributed by atoms with Gasteiger partial charge in [0.1, 0.15) is 5.75 Å². The Bertz CT molecular complexity index is 750. The van der Waals surface area contributed by atoms with E-state index < -0.39 is 10.0 Å². The van der Waals surface area contributed by atoms with Gasteiger partial charge in [0.2, 0.25) is 0 Å². The molecule has 0 saturated heterocycles. The van der Waals surface area contributed by atoms with Crippen LogP contribution in [0.4, 0.5) is 11.4 Å². The van der Waals surface area contributed by atoms with Gasteiger partial charge in [0.25, 0.3) is 10.0 Å². The van der Waals surface area contributed by atoms with Crippen molar-refractivity contribution in [3.05, 3.63) is 41.6 Å². The maximum absolute atomic E-state index is 12.4. The summed E-state index contributed by atoms with van der Waals surface area (Å²) in [5, 5.41) is 3.11. The highest BCUT2D eigenvalue weighted by atomic mass is 35.5. The van der Waals surface area contributed by atoms with Gasteiger partial charge in [-0.15, -0.1) is 0 Å². The van der Waals surface area contributed by atoms with Crippen LogP contribution in [0.3, 0.4) is 0 Å². The maximum atomic E-state index is 12.4. The van der Waals surface area contributed by atoms with Gasteiger partial charge >= 0.3 is 0 Å². The van der Waals surface area contributed by atoms with Crippen molar-refractivity contribution in [1.82, 2.24) is 4.98 Å². The van der Waals surface area contributed by atoms with Gasteiger partial charge < -0.3 is 10.1 Å². The molecule has 0 radical (unpaired) electrons. The van der Waals surface area contributed by atoms with Crippen molar-refractivity contribution in [2.45, 2.75) is 5.03 Å². The fourth-order valence-corrected chi connectivity index (χ4v) is 3.11. The van der Waals surface area contributed by atoms with E-state index in [9.17, 15) is 8.42 Å². The van der Waals surface area contributed by atoms with Crippen LogP contribution in [0, 0.1) is 0 Å². The molecule has 0 aliphatic heterocycles. The molecule has 1 heterocycles. The molecule has 1 aromatic carbocycles. The molecule has 0 spiro atoms. The quantitative estimate of drug-likeness (QED) is 0.882. The zero-order chi connectivity index (χ0) is 15.5. The van der Waals surface area contributed by atoms with E-state index >= 15 is 0 Å². The van der Waals surface area contributed by atoms with Crippen LogP contribution in [0.1, 0.15) is 0 Å². The second kappa shape index (κ2) is 6.19. The Morgan fingerprint density at radius 2 is 2.05 bits per heavy atom. The largest absolute Gasteiger partial charge is 0.495 e. The van der Waals surface area contributed by atoms with E-state index in [1.165, 1.54) is 19.4 Å². The van der Waals surface area contributed by atoms with Crippen LogP contribution in [0.2, 0.25) is 5.02 Å². The Kier molecular flexibility index (Phi) is 4.54. The Balaban J connectivity index is 2.37. The molecule has 2 N–H and O–H groups in total. The fraction of sp³-hybridized carbons (Fsp3) is 0.154. The van der Waals surface area contributed by atoms with Gasteiger partial charge in [-0.05, 0) is 24.3 Å². The Labute approximate surface area is 128 Å². The van der Waals surface area contributed by atoms with Gasteiger partial charge in [0, 0.05) is 19.3 Å². The van der Waals surface area contributed by atoms with Gasteiger partial charge in [0.05, 0.1) is 23.5 Å². The van der Waals surface area contributed by atoms with Crippen LogP contribution < -0.4 is 14.8 Å². The molecule has 0 unspecified atom stereocenters. The first kappa shape index (κ1) is 15.4. The third-order valence-corrected chi connectivity index (χ3v) is 4.35. The molecule has 8 heteroatoms. The summed E-state index contributed by atoms with van der Waals surface area (Å²) in [7, 11) is -0.734. The second-order valence-corrected chi connectivity index (χ2v) is 6.07. The molecule has 0 aliphatic carbocycles. The van der Waals surface area contributed by atoms with E-state index in [4.69, 9.17) is 16.3 Å². The lowest BCUT2D eigenvalue weighted by molar-refractivity contribution is 0.415. The summed E-state index contributed by atoms with van der Waals surface area (Å²) in [4.78, 5) is 3.91. The number of methoxy groups -OCH3 is 1. The van der Waals surface area contributed by atoms with E-state index in [1.807, 2.05) is 0 Å². The highest BCUT2D eigenvalue weighted by molar-refractivity contribution is 7.92. The number of nitrogens with one attached hydrogen (secondary N) is 2. The van der Waals surface area contributed by atoms with Crippen LogP contribution in [-0.2, 0) is 10.0 Å². The van der Waals surface area contributed by atoms with Crippen LogP contribution >= 0.6 is 11.6 Å². The van der Waals surface area contributed by atoms with E-state index in [2.05, 4.69) is 15.0 Å². The number of aromatic nitrogens is 1. The first-order valence-corrected chi connectivity index (χ1v) is 7.83. The van der Waals surface area contributed by atoms with Crippen molar-refractivity contribution in [2.75, 3.05) is 24.2 Å². The standard InChI is InChI=1S/C13H14ClN3O3S/c1-15-11-4-3-7-16-13(11)21(18,19)17-9-5-6-10(14)12(8-9)20-2/h3-8,15,17H,1-2H3. The van der Waals surface area contributed by atoms with Gasteiger partial charge in [-0.1, -0.05) is 11.6 Å². The van der Waals surface area contributed by atoms with E-state index in [1.54, 1.807) is 31.3 Å². The minimum absolute atomic E-state index is 0.0820. The number of halogens is 1. The highest BCUT2D eigenvalue weighted by Crippen LogP contribution is 2.29. The monoisotopic (exact) mass is 327 g/mol. The smallest absolute Gasteiger partial charge is 0.281 e. The molecular formula is C13H14ClN3O3S. The summed E-state index contributed by atoms with van der Waals surface area (Å²) in [5.74, 6) is 0.381. The summed E-state index contributed by atoms with van der Waals surface area (Å²) < 4.78 is 32.3. The Hall–Kier alpha value is -1.99. The number of nitrogens with zero attached hydrogens (tertiary/aromatic N) is 1. The first-order chi connectivity index (χ1) is 9.97. The molecule has 1 aromatic heterocycles. The summed E-state index contributed by atoms with van der Waals surface area (Å²) in [5.41, 5.74) is 0.745. The molecule has 0 bridgehead atoms. The molecule has 112 valence electrons. The second-order valence-electron chi connectivity index (χ2n) is 4.06. The number of hydrogen-bond donors (Lipinski definition) is 2. The molecule has 6 nitrogen and oxygen atoms in total. The zero-order valence-electron chi connectivity index (χ0n) is 11.4. The molecule has 0 aliphatic rings. The van der Waals surface area contributed by atoms with Gasteiger partial charge in [-0.3, -0.25) is 4.72 Å². The van der Waals surface area contributed by atoms with Crippen LogP contribution in [0.25, 0.3) is 0 Å². The minimum atomic E-state index is -3.82. The molecular weight excluding hydrogens is 314 g/mol.